The zero-order chi connectivity index (χ0) is 14.1. The molecule has 1 fully saturated rings. The van der Waals surface area contributed by atoms with Gasteiger partial charge in [-0.15, -0.1) is 0 Å². The van der Waals surface area contributed by atoms with Crippen molar-refractivity contribution in [2.45, 2.75) is 19.4 Å². The SMILES string of the molecule is Cc1cc(Br)ccc1-n1cncc1C(N)C1CCOC1. The van der Waals surface area contributed by atoms with E-state index in [9.17, 15) is 0 Å². The number of nitrogens with zero attached hydrogens (tertiary/aromatic N) is 2. The Morgan fingerprint density at radius 1 is 1.50 bits per heavy atom. The Hall–Kier alpha value is -1.17. The first kappa shape index (κ1) is 13.8. The summed E-state index contributed by atoms with van der Waals surface area (Å²) in [5.41, 5.74) is 9.77. The fourth-order valence-corrected chi connectivity index (χ4v) is 3.20. The van der Waals surface area contributed by atoms with E-state index < -0.39 is 0 Å². The van der Waals surface area contributed by atoms with Crippen LogP contribution in [-0.4, -0.2) is 22.8 Å². The molecule has 0 amide bonds. The Bertz CT molecular complexity index is 605. The third-order valence-electron chi connectivity index (χ3n) is 3.90. The van der Waals surface area contributed by atoms with Gasteiger partial charge in [-0.3, -0.25) is 0 Å². The van der Waals surface area contributed by atoms with Crippen LogP contribution in [0.4, 0.5) is 0 Å². The van der Waals surface area contributed by atoms with Crippen molar-refractivity contribution in [2.75, 3.05) is 13.2 Å². The molecule has 2 unspecified atom stereocenters. The molecule has 3 rings (SSSR count). The molecule has 1 aromatic heterocycles. The number of nitrogens with two attached hydrogens (primary N) is 1. The lowest BCUT2D eigenvalue weighted by Crippen LogP contribution is -2.24. The number of benzene rings is 1. The average molecular weight is 336 g/mol. The molecule has 2 aromatic rings. The maximum absolute atomic E-state index is 6.41. The normalized spacial score (nSPS) is 20.2. The number of rotatable bonds is 3. The van der Waals surface area contributed by atoms with Crippen LogP contribution in [0, 0.1) is 12.8 Å². The first-order valence-corrected chi connectivity index (χ1v) is 7.58. The zero-order valence-electron chi connectivity index (χ0n) is 11.4. The second kappa shape index (κ2) is 5.68. The van der Waals surface area contributed by atoms with Gasteiger partial charge in [-0.25, -0.2) is 4.98 Å². The van der Waals surface area contributed by atoms with Gasteiger partial charge < -0.3 is 15.0 Å². The molecule has 2 heterocycles. The molecule has 2 atom stereocenters. The lowest BCUT2D eigenvalue weighted by atomic mass is 9.97. The molecule has 4 nitrogen and oxygen atoms in total. The summed E-state index contributed by atoms with van der Waals surface area (Å²) >= 11 is 3.49. The molecule has 20 heavy (non-hydrogen) atoms. The van der Waals surface area contributed by atoms with Crippen LogP contribution in [0.2, 0.25) is 0 Å². The second-order valence-corrected chi connectivity index (χ2v) is 6.18. The van der Waals surface area contributed by atoms with Gasteiger partial charge in [0.15, 0.2) is 0 Å². The summed E-state index contributed by atoms with van der Waals surface area (Å²) < 4.78 is 8.61. The van der Waals surface area contributed by atoms with Gasteiger partial charge in [0, 0.05) is 22.7 Å². The van der Waals surface area contributed by atoms with Crippen LogP contribution in [0.5, 0.6) is 0 Å². The van der Waals surface area contributed by atoms with Gasteiger partial charge in [0.2, 0.25) is 0 Å². The molecule has 0 radical (unpaired) electrons. The van der Waals surface area contributed by atoms with E-state index >= 15 is 0 Å². The van der Waals surface area contributed by atoms with Gasteiger partial charge in [0.25, 0.3) is 0 Å². The molecule has 0 aliphatic carbocycles. The number of aromatic nitrogens is 2. The lowest BCUT2D eigenvalue weighted by Gasteiger charge is -2.20. The van der Waals surface area contributed by atoms with Gasteiger partial charge in [-0.1, -0.05) is 15.9 Å². The van der Waals surface area contributed by atoms with Gasteiger partial charge in [-0.2, -0.15) is 0 Å². The van der Waals surface area contributed by atoms with E-state index in [-0.39, 0.29) is 6.04 Å². The molecule has 0 bridgehead atoms. The minimum Gasteiger partial charge on any atom is -0.381 e. The summed E-state index contributed by atoms with van der Waals surface area (Å²) in [4.78, 5) is 4.28. The highest BCUT2D eigenvalue weighted by Gasteiger charge is 2.26. The Kier molecular flexibility index (Phi) is 3.92. The van der Waals surface area contributed by atoms with Crippen molar-refractivity contribution < 1.29 is 4.74 Å². The molecule has 5 heteroatoms. The standard InChI is InChI=1S/C15H18BrN3O/c1-10-6-12(16)2-3-13(10)19-9-18-7-14(19)15(17)11-4-5-20-8-11/h2-3,6-7,9,11,15H,4-5,8,17H2,1H3. The highest BCUT2D eigenvalue weighted by molar-refractivity contribution is 9.10. The van der Waals surface area contributed by atoms with E-state index in [1.54, 1.807) is 0 Å². The zero-order valence-corrected chi connectivity index (χ0v) is 13.0. The van der Waals surface area contributed by atoms with Crippen LogP contribution in [0.25, 0.3) is 5.69 Å². The third kappa shape index (κ3) is 2.53. The van der Waals surface area contributed by atoms with Crippen LogP contribution >= 0.6 is 15.9 Å². The summed E-state index contributed by atoms with van der Waals surface area (Å²) in [6.45, 7) is 3.64. The number of ether oxygens (including phenoxy) is 1. The van der Waals surface area contributed by atoms with Crippen molar-refractivity contribution >= 4 is 15.9 Å². The first-order chi connectivity index (χ1) is 9.66. The predicted molar refractivity (Wildman–Crippen MR) is 81.9 cm³/mol. The minimum atomic E-state index is -0.0388. The molecule has 1 aliphatic heterocycles. The monoisotopic (exact) mass is 335 g/mol. The molecule has 0 spiro atoms. The molecule has 2 N–H and O–H groups in total. The summed E-state index contributed by atoms with van der Waals surface area (Å²) in [7, 11) is 0. The van der Waals surface area contributed by atoms with Crippen LogP contribution in [0.1, 0.15) is 23.7 Å². The number of aryl methyl sites for hydroxylation is 1. The van der Waals surface area contributed by atoms with Gasteiger partial charge in [0.1, 0.15) is 0 Å². The molecule has 106 valence electrons. The number of hydrogen-bond donors (Lipinski definition) is 1. The average Bonchev–Trinajstić information content (AvgIpc) is 3.09. The Morgan fingerprint density at radius 2 is 2.35 bits per heavy atom. The lowest BCUT2D eigenvalue weighted by molar-refractivity contribution is 0.180. The molecule has 1 saturated heterocycles. The van der Waals surface area contributed by atoms with E-state index in [1.807, 2.05) is 18.6 Å². The first-order valence-electron chi connectivity index (χ1n) is 6.79. The van der Waals surface area contributed by atoms with Gasteiger partial charge >= 0.3 is 0 Å². The van der Waals surface area contributed by atoms with Gasteiger partial charge in [-0.05, 0) is 37.1 Å². The summed E-state index contributed by atoms with van der Waals surface area (Å²) in [6, 6.07) is 6.19. The topological polar surface area (TPSA) is 53.1 Å². The van der Waals surface area contributed by atoms with Crippen LogP contribution in [0.15, 0.2) is 35.2 Å². The summed E-state index contributed by atoms with van der Waals surface area (Å²) in [5, 5.41) is 0. The summed E-state index contributed by atoms with van der Waals surface area (Å²) in [6.07, 6.45) is 4.72. The maximum atomic E-state index is 6.41. The molecular formula is C15H18BrN3O. The van der Waals surface area contributed by atoms with E-state index in [0.29, 0.717) is 5.92 Å². The predicted octanol–water partition coefficient (Wildman–Crippen LogP) is 2.98. The highest BCUT2D eigenvalue weighted by Crippen LogP contribution is 2.29. The summed E-state index contributed by atoms with van der Waals surface area (Å²) in [5.74, 6) is 0.376. The Balaban J connectivity index is 1.97. The van der Waals surface area contributed by atoms with Crippen molar-refractivity contribution in [3.05, 3.63) is 46.5 Å². The largest absolute Gasteiger partial charge is 0.381 e. The fraction of sp³-hybridized carbons (Fsp3) is 0.400. The van der Waals surface area contributed by atoms with Crippen molar-refractivity contribution in [3.63, 3.8) is 0 Å². The number of hydrogen-bond acceptors (Lipinski definition) is 3. The quantitative estimate of drug-likeness (QED) is 0.938. The minimum absolute atomic E-state index is 0.0388. The van der Waals surface area contributed by atoms with E-state index in [1.165, 1.54) is 5.56 Å². The molecular weight excluding hydrogens is 318 g/mol. The Morgan fingerprint density at radius 3 is 3.05 bits per heavy atom. The van der Waals surface area contributed by atoms with E-state index in [0.717, 1.165) is 35.5 Å². The van der Waals surface area contributed by atoms with Crippen LogP contribution in [0.3, 0.4) is 0 Å². The van der Waals surface area contributed by atoms with Crippen LogP contribution in [-0.2, 0) is 4.74 Å². The van der Waals surface area contributed by atoms with Crippen molar-refractivity contribution in [1.82, 2.24) is 9.55 Å². The van der Waals surface area contributed by atoms with E-state index in [4.69, 9.17) is 10.5 Å². The fourth-order valence-electron chi connectivity index (χ4n) is 2.72. The molecule has 0 saturated carbocycles. The third-order valence-corrected chi connectivity index (χ3v) is 4.39. The van der Waals surface area contributed by atoms with Crippen LogP contribution < -0.4 is 5.73 Å². The number of imidazole rings is 1. The van der Waals surface area contributed by atoms with Crippen molar-refractivity contribution in [2.24, 2.45) is 11.7 Å². The smallest absolute Gasteiger partial charge is 0.0994 e. The van der Waals surface area contributed by atoms with E-state index in [2.05, 4.69) is 44.5 Å². The van der Waals surface area contributed by atoms with Crippen molar-refractivity contribution in [3.8, 4) is 5.69 Å². The molecule has 1 aromatic carbocycles. The molecule has 1 aliphatic rings. The van der Waals surface area contributed by atoms with Gasteiger partial charge in [0.05, 0.1) is 30.9 Å². The Labute approximate surface area is 127 Å². The highest BCUT2D eigenvalue weighted by atomic mass is 79.9. The van der Waals surface area contributed by atoms with Crippen molar-refractivity contribution in [1.29, 1.82) is 0 Å². The second-order valence-electron chi connectivity index (χ2n) is 5.27. The maximum Gasteiger partial charge on any atom is 0.0994 e. The number of halogens is 1.